The van der Waals surface area contributed by atoms with Gasteiger partial charge in [-0.3, -0.25) is 9.59 Å². The third-order valence-electron chi connectivity index (χ3n) is 3.47. The monoisotopic (exact) mass is 313 g/mol. The van der Waals surface area contributed by atoms with Crippen molar-refractivity contribution < 1.29 is 19.1 Å². The standard InChI is InChI=1S/C18H19NO4/c1-12-4-6-15(8-13(12)2)19-18(21)11-23-17-9-14(10-20)5-7-16(17)22-3/h4-10H,11H2,1-3H3,(H,19,21). The Kier molecular flexibility index (Phi) is 5.36. The van der Waals surface area contributed by atoms with Crippen LogP contribution in [-0.4, -0.2) is 25.9 Å². The van der Waals surface area contributed by atoms with Crippen LogP contribution in [0.1, 0.15) is 21.5 Å². The second-order valence-electron chi connectivity index (χ2n) is 5.16. The topological polar surface area (TPSA) is 64.6 Å². The molecule has 2 aromatic rings. The summed E-state index contributed by atoms with van der Waals surface area (Å²) in [4.78, 5) is 22.8. The fraction of sp³-hybridized carbons (Fsp3) is 0.222. The van der Waals surface area contributed by atoms with Crippen molar-refractivity contribution in [2.45, 2.75) is 13.8 Å². The number of carbonyl (C=O) groups excluding carboxylic acids is 2. The predicted octanol–water partition coefficient (Wildman–Crippen LogP) is 3.14. The summed E-state index contributed by atoms with van der Waals surface area (Å²) in [5, 5.41) is 2.77. The summed E-state index contributed by atoms with van der Waals surface area (Å²) in [6.45, 7) is 3.82. The molecule has 0 radical (unpaired) electrons. The van der Waals surface area contributed by atoms with Crippen LogP contribution in [0.4, 0.5) is 5.69 Å². The summed E-state index contributed by atoms with van der Waals surface area (Å²) in [6.07, 6.45) is 0.710. The van der Waals surface area contributed by atoms with Gasteiger partial charge in [0.25, 0.3) is 5.91 Å². The van der Waals surface area contributed by atoms with Crippen LogP contribution in [0.25, 0.3) is 0 Å². The van der Waals surface area contributed by atoms with E-state index >= 15 is 0 Å². The minimum atomic E-state index is -0.285. The number of aldehydes is 1. The zero-order valence-electron chi connectivity index (χ0n) is 13.4. The van der Waals surface area contributed by atoms with E-state index in [9.17, 15) is 9.59 Å². The Bertz CT molecular complexity index is 725. The van der Waals surface area contributed by atoms with E-state index in [0.717, 1.165) is 16.8 Å². The summed E-state index contributed by atoms with van der Waals surface area (Å²) in [6, 6.07) is 10.5. The van der Waals surface area contributed by atoms with Crippen molar-refractivity contribution in [3.05, 3.63) is 53.1 Å². The lowest BCUT2D eigenvalue weighted by Gasteiger charge is -2.12. The summed E-state index contributed by atoms with van der Waals surface area (Å²) < 4.78 is 10.6. The highest BCUT2D eigenvalue weighted by atomic mass is 16.5. The van der Waals surface area contributed by atoms with Crippen molar-refractivity contribution in [2.75, 3.05) is 19.0 Å². The second kappa shape index (κ2) is 7.45. The molecule has 1 N–H and O–H groups in total. The summed E-state index contributed by atoms with van der Waals surface area (Å²) in [5.41, 5.74) is 3.43. The van der Waals surface area contributed by atoms with Crippen molar-refractivity contribution in [3.63, 3.8) is 0 Å². The maximum absolute atomic E-state index is 12.0. The molecule has 0 saturated heterocycles. The molecule has 2 rings (SSSR count). The molecule has 0 aliphatic rings. The molecule has 0 aliphatic heterocycles. The van der Waals surface area contributed by atoms with E-state index in [1.165, 1.54) is 13.2 Å². The molecular formula is C18H19NO4. The van der Waals surface area contributed by atoms with Gasteiger partial charge in [-0.25, -0.2) is 0 Å². The van der Waals surface area contributed by atoms with Crippen molar-refractivity contribution in [1.82, 2.24) is 0 Å². The van der Waals surface area contributed by atoms with Gasteiger partial charge in [0.1, 0.15) is 6.29 Å². The van der Waals surface area contributed by atoms with E-state index in [-0.39, 0.29) is 12.5 Å². The lowest BCUT2D eigenvalue weighted by atomic mass is 10.1. The quantitative estimate of drug-likeness (QED) is 0.832. The molecule has 0 unspecified atom stereocenters. The molecule has 0 fully saturated rings. The van der Waals surface area contributed by atoms with Gasteiger partial charge in [-0.15, -0.1) is 0 Å². The SMILES string of the molecule is COc1ccc(C=O)cc1OCC(=O)Nc1ccc(C)c(C)c1. The normalized spacial score (nSPS) is 10.0. The highest BCUT2D eigenvalue weighted by Crippen LogP contribution is 2.27. The third-order valence-corrected chi connectivity index (χ3v) is 3.47. The number of carbonyl (C=O) groups is 2. The van der Waals surface area contributed by atoms with Crippen LogP contribution >= 0.6 is 0 Å². The Morgan fingerprint density at radius 2 is 1.87 bits per heavy atom. The number of hydrogen-bond acceptors (Lipinski definition) is 4. The summed E-state index contributed by atoms with van der Waals surface area (Å²) >= 11 is 0. The zero-order chi connectivity index (χ0) is 16.8. The Morgan fingerprint density at radius 3 is 2.52 bits per heavy atom. The van der Waals surface area contributed by atoms with Crippen molar-refractivity contribution >= 4 is 17.9 Å². The molecule has 0 heterocycles. The van der Waals surface area contributed by atoms with E-state index < -0.39 is 0 Å². The number of amides is 1. The van der Waals surface area contributed by atoms with Crippen LogP contribution < -0.4 is 14.8 Å². The van der Waals surface area contributed by atoms with Crippen LogP contribution in [0.2, 0.25) is 0 Å². The number of ether oxygens (including phenoxy) is 2. The van der Waals surface area contributed by atoms with Gasteiger partial charge in [0.2, 0.25) is 0 Å². The molecule has 2 aromatic carbocycles. The van der Waals surface area contributed by atoms with Crippen LogP contribution in [0.15, 0.2) is 36.4 Å². The number of hydrogen-bond donors (Lipinski definition) is 1. The van der Waals surface area contributed by atoms with Crippen molar-refractivity contribution in [1.29, 1.82) is 0 Å². The van der Waals surface area contributed by atoms with Crippen molar-refractivity contribution in [3.8, 4) is 11.5 Å². The number of methoxy groups -OCH3 is 1. The van der Waals surface area contributed by atoms with E-state index in [2.05, 4.69) is 5.32 Å². The number of anilines is 1. The predicted molar refractivity (Wildman–Crippen MR) is 88.4 cm³/mol. The first-order chi connectivity index (χ1) is 11.0. The Morgan fingerprint density at radius 1 is 1.09 bits per heavy atom. The lowest BCUT2D eigenvalue weighted by Crippen LogP contribution is -2.20. The van der Waals surface area contributed by atoms with Gasteiger partial charge in [0, 0.05) is 11.3 Å². The first kappa shape index (κ1) is 16.5. The molecule has 23 heavy (non-hydrogen) atoms. The second-order valence-corrected chi connectivity index (χ2v) is 5.16. The molecular weight excluding hydrogens is 294 g/mol. The van der Waals surface area contributed by atoms with Gasteiger partial charge < -0.3 is 14.8 Å². The Hall–Kier alpha value is -2.82. The fourth-order valence-electron chi connectivity index (χ4n) is 2.04. The fourth-order valence-corrected chi connectivity index (χ4v) is 2.04. The zero-order valence-corrected chi connectivity index (χ0v) is 13.4. The minimum Gasteiger partial charge on any atom is -0.493 e. The van der Waals surface area contributed by atoms with Crippen LogP contribution in [-0.2, 0) is 4.79 Å². The number of benzene rings is 2. The average Bonchev–Trinajstić information content (AvgIpc) is 2.56. The van der Waals surface area contributed by atoms with Crippen LogP contribution in [0.3, 0.4) is 0 Å². The first-order valence-corrected chi connectivity index (χ1v) is 7.16. The maximum Gasteiger partial charge on any atom is 0.262 e. The first-order valence-electron chi connectivity index (χ1n) is 7.16. The van der Waals surface area contributed by atoms with Crippen molar-refractivity contribution in [2.24, 2.45) is 0 Å². The molecule has 5 heteroatoms. The molecule has 5 nitrogen and oxygen atoms in total. The number of aryl methyl sites for hydroxylation is 2. The molecule has 0 aromatic heterocycles. The van der Waals surface area contributed by atoms with Crippen LogP contribution in [0, 0.1) is 13.8 Å². The number of rotatable bonds is 6. The van der Waals surface area contributed by atoms with E-state index in [1.54, 1.807) is 12.1 Å². The Balaban J connectivity index is 2.01. The molecule has 0 saturated carbocycles. The molecule has 1 amide bonds. The molecule has 0 atom stereocenters. The van der Waals surface area contributed by atoms with Crippen LogP contribution in [0.5, 0.6) is 11.5 Å². The molecule has 0 bridgehead atoms. The molecule has 120 valence electrons. The van der Waals surface area contributed by atoms with Gasteiger partial charge in [-0.05, 0) is 55.3 Å². The van der Waals surface area contributed by atoms with E-state index in [4.69, 9.17) is 9.47 Å². The van der Waals surface area contributed by atoms with E-state index in [0.29, 0.717) is 23.3 Å². The highest BCUT2D eigenvalue weighted by Gasteiger charge is 2.09. The highest BCUT2D eigenvalue weighted by molar-refractivity contribution is 5.92. The molecule has 0 aliphatic carbocycles. The van der Waals surface area contributed by atoms with Gasteiger partial charge in [0.05, 0.1) is 7.11 Å². The largest absolute Gasteiger partial charge is 0.493 e. The maximum atomic E-state index is 12.0. The lowest BCUT2D eigenvalue weighted by molar-refractivity contribution is -0.118. The number of nitrogens with one attached hydrogen (secondary N) is 1. The van der Waals surface area contributed by atoms with E-state index in [1.807, 2.05) is 32.0 Å². The van der Waals surface area contributed by atoms with Gasteiger partial charge in [-0.1, -0.05) is 6.07 Å². The van der Waals surface area contributed by atoms with Gasteiger partial charge in [-0.2, -0.15) is 0 Å². The smallest absolute Gasteiger partial charge is 0.262 e. The third kappa shape index (κ3) is 4.32. The minimum absolute atomic E-state index is 0.175. The summed E-state index contributed by atoms with van der Waals surface area (Å²) in [5.74, 6) is 0.536. The average molecular weight is 313 g/mol. The van der Waals surface area contributed by atoms with Gasteiger partial charge in [0.15, 0.2) is 18.1 Å². The van der Waals surface area contributed by atoms with Gasteiger partial charge >= 0.3 is 0 Å². The molecule has 0 spiro atoms. The Labute approximate surface area is 135 Å². The summed E-state index contributed by atoms with van der Waals surface area (Å²) in [7, 11) is 1.50.